The Hall–Kier alpha value is -3.49. The summed E-state index contributed by atoms with van der Waals surface area (Å²) in [7, 11) is 0. The van der Waals surface area contributed by atoms with E-state index in [4.69, 9.17) is 4.74 Å². The van der Waals surface area contributed by atoms with Gasteiger partial charge in [-0.2, -0.15) is 0 Å². The third-order valence-corrected chi connectivity index (χ3v) is 5.42. The fourth-order valence-corrected chi connectivity index (χ4v) is 3.68. The van der Waals surface area contributed by atoms with Crippen molar-refractivity contribution in [2.75, 3.05) is 38.2 Å². The topological polar surface area (TPSA) is 104 Å². The molecule has 2 amide bonds. The minimum absolute atomic E-state index is 0.0496. The molecule has 2 aromatic carbocycles. The number of rotatable bonds is 7. The molecular weight excluding hydrogens is 408 g/mol. The molecule has 3 N–H and O–H groups in total. The Labute approximate surface area is 185 Å². The molecular formula is C24H26N4O4. The first-order chi connectivity index (χ1) is 15.6. The molecule has 0 saturated carbocycles. The van der Waals surface area contributed by atoms with Crippen molar-refractivity contribution in [1.82, 2.24) is 15.2 Å². The summed E-state index contributed by atoms with van der Waals surface area (Å²) in [5.41, 5.74) is 1.44. The van der Waals surface area contributed by atoms with Crippen LogP contribution in [0.4, 0.5) is 5.69 Å². The van der Waals surface area contributed by atoms with Gasteiger partial charge in [0.15, 0.2) is 0 Å². The maximum atomic E-state index is 12.5. The number of H-pyrrole nitrogens is 1. The van der Waals surface area contributed by atoms with Gasteiger partial charge in [0.2, 0.25) is 5.91 Å². The van der Waals surface area contributed by atoms with Gasteiger partial charge in [0.05, 0.1) is 13.2 Å². The van der Waals surface area contributed by atoms with Crippen LogP contribution < -0.4 is 16.2 Å². The second-order valence-corrected chi connectivity index (χ2v) is 7.73. The molecule has 0 spiro atoms. The molecule has 32 heavy (non-hydrogen) atoms. The van der Waals surface area contributed by atoms with Crippen molar-refractivity contribution in [2.45, 2.75) is 13.0 Å². The highest BCUT2D eigenvalue weighted by atomic mass is 16.5. The van der Waals surface area contributed by atoms with Gasteiger partial charge in [0, 0.05) is 43.7 Å². The van der Waals surface area contributed by atoms with Crippen LogP contribution in [0.2, 0.25) is 0 Å². The van der Waals surface area contributed by atoms with Crippen molar-refractivity contribution < 1.29 is 14.3 Å². The average molecular weight is 434 g/mol. The molecule has 1 saturated heterocycles. The molecule has 3 aromatic rings. The molecule has 1 aliphatic rings. The summed E-state index contributed by atoms with van der Waals surface area (Å²) in [6.45, 7) is 4.10. The van der Waals surface area contributed by atoms with Crippen LogP contribution in [0.15, 0.2) is 59.4 Å². The number of hydrogen-bond acceptors (Lipinski definition) is 5. The summed E-state index contributed by atoms with van der Waals surface area (Å²) >= 11 is 0. The maximum Gasteiger partial charge on any atom is 0.268 e. The Kier molecular flexibility index (Phi) is 6.94. The molecule has 8 nitrogen and oxygen atoms in total. The van der Waals surface area contributed by atoms with E-state index >= 15 is 0 Å². The van der Waals surface area contributed by atoms with Crippen LogP contribution in [0.1, 0.15) is 22.5 Å². The quantitative estimate of drug-likeness (QED) is 0.529. The summed E-state index contributed by atoms with van der Waals surface area (Å²) < 4.78 is 5.32. The summed E-state index contributed by atoms with van der Waals surface area (Å²) in [5.74, 6) is -0.417. The molecule has 0 bridgehead atoms. The third kappa shape index (κ3) is 5.60. The lowest BCUT2D eigenvalue weighted by Crippen LogP contribution is -2.38. The number of carbonyl (C=O) groups is 2. The van der Waals surface area contributed by atoms with Crippen molar-refractivity contribution >= 4 is 28.3 Å². The second kappa shape index (κ2) is 10.2. The highest BCUT2D eigenvalue weighted by Crippen LogP contribution is 2.13. The lowest BCUT2D eigenvalue weighted by atomic mass is 10.1. The Morgan fingerprint density at radius 3 is 2.69 bits per heavy atom. The number of benzene rings is 2. The van der Waals surface area contributed by atoms with Crippen molar-refractivity contribution in [1.29, 1.82) is 0 Å². The maximum absolute atomic E-state index is 12.5. The van der Waals surface area contributed by atoms with E-state index in [1.807, 2.05) is 30.3 Å². The molecule has 1 aromatic heterocycles. The molecule has 8 heteroatoms. The SMILES string of the molecule is O=C(CCN1CCOCC1)Nc1cccc(CNC(=O)c2cc3ccccc3c(=O)[nH]2)c1. The van der Waals surface area contributed by atoms with Gasteiger partial charge in [-0.3, -0.25) is 19.3 Å². The number of aromatic amines is 1. The lowest BCUT2D eigenvalue weighted by molar-refractivity contribution is -0.116. The van der Waals surface area contributed by atoms with Gasteiger partial charge in [-0.05, 0) is 35.2 Å². The van der Waals surface area contributed by atoms with E-state index < -0.39 is 0 Å². The van der Waals surface area contributed by atoms with E-state index in [1.54, 1.807) is 24.3 Å². The zero-order valence-electron chi connectivity index (χ0n) is 17.7. The van der Waals surface area contributed by atoms with Crippen LogP contribution in [-0.2, 0) is 16.1 Å². The third-order valence-electron chi connectivity index (χ3n) is 5.42. The van der Waals surface area contributed by atoms with Gasteiger partial charge in [-0.15, -0.1) is 0 Å². The smallest absolute Gasteiger partial charge is 0.268 e. The van der Waals surface area contributed by atoms with Gasteiger partial charge in [0.25, 0.3) is 11.5 Å². The van der Waals surface area contributed by atoms with Crippen molar-refractivity contribution in [3.63, 3.8) is 0 Å². The Balaban J connectivity index is 1.32. The van der Waals surface area contributed by atoms with E-state index in [9.17, 15) is 14.4 Å². The molecule has 4 rings (SSSR count). The zero-order chi connectivity index (χ0) is 22.3. The van der Waals surface area contributed by atoms with Crippen LogP contribution in [0.25, 0.3) is 10.8 Å². The van der Waals surface area contributed by atoms with Crippen molar-refractivity contribution in [3.05, 3.63) is 76.2 Å². The molecule has 0 aliphatic carbocycles. The number of anilines is 1. The van der Waals surface area contributed by atoms with Crippen molar-refractivity contribution in [2.24, 2.45) is 0 Å². The first-order valence-corrected chi connectivity index (χ1v) is 10.7. The monoisotopic (exact) mass is 434 g/mol. The number of morpholine rings is 1. The van der Waals surface area contributed by atoms with Crippen LogP contribution in [0.3, 0.4) is 0 Å². The number of nitrogens with zero attached hydrogens (tertiary/aromatic N) is 1. The van der Waals surface area contributed by atoms with Crippen molar-refractivity contribution in [3.8, 4) is 0 Å². The molecule has 166 valence electrons. The van der Waals surface area contributed by atoms with Gasteiger partial charge in [-0.25, -0.2) is 0 Å². The molecule has 2 heterocycles. The summed E-state index contributed by atoms with van der Waals surface area (Å²) in [6.07, 6.45) is 0.413. The largest absolute Gasteiger partial charge is 0.379 e. The van der Waals surface area contributed by atoms with E-state index in [0.29, 0.717) is 42.6 Å². The summed E-state index contributed by atoms with van der Waals surface area (Å²) in [5, 5.41) is 6.98. The highest BCUT2D eigenvalue weighted by molar-refractivity contribution is 5.96. The van der Waals surface area contributed by atoms with Gasteiger partial charge < -0.3 is 20.4 Å². The molecule has 1 aliphatic heterocycles. The minimum atomic E-state index is -0.368. The van der Waals surface area contributed by atoms with E-state index in [1.165, 1.54) is 0 Å². The number of carbonyl (C=O) groups excluding carboxylic acids is 2. The molecule has 1 fully saturated rings. The number of ether oxygens (including phenoxy) is 1. The number of amides is 2. The fraction of sp³-hybridized carbons (Fsp3) is 0.292. The minimum Gasteiger partial charge on any atom is -0.379 e. The zero-order valence-corrected chi connectivity index (χ0v) is 17.7. The predicted molar refractivity (Wildman–Crippen MR) is 123 cm³/mol. The standard InChI is InChI=1S/C24H26N4O4/c29-22(8-9-28-10-12-32-13-11-28)26-19-6-3-4-17(14-19)16-25-24(31)21-15-18-5-1-2-7-20(18)23(30)27-21/h1-7,14-15H,8-13,16H2,(H,25,31)(H,26,29)(H,27,30). The predicted octanol–water partition coefficient (Wildman–Crippen LogP) is 2.12. The second-order valence-electron chi connectivity index (χ2n) is 7.73. The molecule has 0 unspecified atom stereocenters. The lowest BCUT2D eigenvalue weighted by Gasteiger charge is -2.26. The fourth-order valence-electron chi connectivity index (χ4n) is 3.68. The number of hydrogen-bond donors (Lipinski definition) is 3. The Morgan fingerprint density at radius 1 is 1.03 bits per heavy atom. The highest BCUT2D eigenvalue weighted by Gasteiger charge is 2.13. The van der Waals surface area contributed by atoms with E-state index in [-0.39, 0.29) is 29.6 Å². The van der Waals surface area contributed by atoms with Gasteiger partial charge in [0.1, 0.15) is 5.69 Å². The summed E-state index contributed by atoms with van der Waals surface area (Å²) in [6, 6.07) is 16.1. The van der Waals surface area contributed by atoms with Gasteiger partial charge >= 0.3 is 0 Å². The van der Waals surface area contributed by atoms with Crippen LogP contribution in [0, 0.1) is 0 Å². The Morgan fingerprint density at radius 2 is 1.84 bits per heavy atom. The van der Waals surface area contributed by atoms with Crippen LogP contribution in [-0.4, -0.2) is 54.5 Å². The molecule has 0 atom stereocenters. The van der Waals surface area contributed by atoms with Gasteiger partial charge in [-0.1, -0.05) is 30.3 Å². The van der Waals surface area contributed by atoms with Crippen LogP contribution >= 0.6 is 0 Å². The van der Waals surface area contributed by atoms with E-state index in [2.05, 4.69) is 20.5 Å². The van der Waals surface area contributed by atoms with E-state index in [0.717, 1.165) is 18.7 Å². The first-order valence-electron chi connectivity index (χ1n) is 10.7. The van der Waals surface area contributed by atoms with Crippen LogP contribution in [0.5, 0.6) is 0 Å². The normalized spacial score (nSPS) is 14.2. The Bertz CT molecular complexity index is 1170. The number of nitrogens with one attached hydrogen (secondary N) is 3. The summed E-state index contributed by atoms with van der Waals surface area (Å²) in [4.78, 5) is 41.9. The number of aromatic nitrogens is 1. The number of fused-ring (bicyclic) bond motifs is 1. The number of pyridine rings is 1. The first kappa shape index (κ1) is 21.7. The average Bonchev–Trinajstić information content (AvgIpc) is 2.82. The molecule has 0 radical (unpaired) electrons.